The molecule has 0 saturated heterocycles. The first kappa shape index (κ1) is 14.2. The Bertz CT molecular complexity index is 542. The van der Waals surface area contributed by atoms with Crippen LogP contribution < -0.4 is 9.47 Å². The molecule has 0 fully saturated rings. The third-order valence-electron chi connectivity index (χ3n) is 2.50. The molecular formula is C14H16ClNO2S. The summed E-state index contributed by atoms with van der Waals surface area (Å²) in [4.78, 5) is 4.37. The summed E-state index contributed by atoms with van der Waals surface area (Å²) in [5.41, 5.74) is 1.95. The lowest BCUT2D eigenvalue weighted by Gasteiger charge is -2.12. The zero-order valence-electron chi connectivity index (χ0n) is 11.0. The minimum Gasteiger partial charge on any atom is -0.490 e. The molecule has 0 aliphatic rings. The van der Waals surface area contributed by atoms with Crippen molar-refractivity contribution in [3.05, 3.63) is 39.8 Å². The van der Waals surface area contributed by atoms with Crippen LogP contribution in [0.1, 0.15) is 23.2 Å². The molecule has 0 saturated carbocycles. The number of hydrogen-bond donors (Lipinski definition) is 0. The van der Waals surface area contributed by atoms with Gasteiger partial charge < -0.3 is 9.47 Å². The van der Waals surface area contributed by atoms with Crippen LogP contribution in [0.4, 0.5) is 0 Å². The molecule has 3 nitrogen and oxygen atoms in total. The monoisotopic (exact) mass is 297 g/mol. The van der Waals surface area contributed by atoms with Crippen molar-refractivity contribution in [2.24, 2.45) is 0 Å². The molecule has 102 valence electrons. The molecular weight excluding hydrogens is 282 g/mol. The normalized spacial score (nSPS) is 10.5. The van der Waals surface area contributed by atoms with Gasteiger partial charge in [0, 0.05) is 11.3 Å². The zero-order valence-corrected chi connectivity index (χ0v) is 12.6. The van der Waals surface area contributed by atoms with Crippen molar-refractivity contribution in [2.45, 2.75) is 26.3 Å². The summed E-state index contributed by atoms with van der Waals surface area (Å²) >= 11 is 7.44. The van der Waals surface area contributed by atoms with E-state index < -0.39 is 0 Å². The molecule has 0 bridgehead atoms. The molecule has 1 aromatic heterocycles. The van der Waals surface area contributed by atoms with Crippen LogP contribution in [0.5, 0.6) is 11.5 Å². The fraction of sp³-hybridized carbons (Fsp3) is 0.357. The predicted molar refractivity (Wildman–Crippen MR) is 78.4 cm³/mol. The van der Waals surface area contributed by atoms with Crippen LogP contribution in [0.25, 0.3) is 0 Å². The van der Waals surface area contributed by atoms with Crippen LogP contribution in [0, 0.1) is 6.92 Å². The lowest BCUT2D eigenvalue weighted by molar-refractivity contribution is 0.266. The highest BCUT2D eigenvalue weighted by atomic mass is 35.5. The number of benzene rings is 1. The number of rotatable bonds is 6. The van der Waals surface area contributed by atoms with E-state index in [4.69, 9.17) is 21.1 Å². The molecule has 1 heterocycles. The van der Waals surface area contributed by atoms with E-state index in [-0.39, 0.29) is 0 Å². The first-order valence-corrected chi connectivity index (χ1v) is 7.49. The fourth-order valence-corrected chi connectivity index (χ4v) is 2.41. The van der Waals surface area contributed by atoms with Gasteiger partial charge in [-0.15, -0.1) is 22.9 Å². The van der Waals surface area contributed by atoms with Crippen LogP contribution in [0.2, 0.25) is 0 Å². The summed E-state index contributed by atoms with van der Waals surface area (Å²) in [6.45, 7) is 4.97. The van der Waals surface area contributed by atoms with E-state index in [1.165, 1.54) is 0 Å². The Morgan fingerprint density at radius 2 is 2.11 bits per heavy atom. The zero-order chi connectivity index (χ0) is 13.7. The van der Waals surface area contributed by atoms with E-state index in [9.17, 15) is 0 Å². The van der Waals surface area contributed by atoms with Gasteiger partial charge in [0.1, 0.15) is 6.61 Å². The number of aromatic nitrogens is 1. The van der Waals surface area contributed by atoms with E-state index in [2.05, 4.69) is 4.98 Å². The fourth-order valence-electron chi connectivity index (χ4n) is 1.65. The van der Waals surface area contributed by atoms with E-state index in [0.717, 1.165) is 27.8 Å². The molecule has 0 radical (unpaired) electrons. The maximum absolute atomic E-state index is 5.82. The summed E-state index contributed by atoms with van der Waals surface area (Å²) in [6.07, 6.45) is 0. The van der Waals surface area contributed by atoms with Crippen molar-refractivity contribution in [1.82, 2.24) is 4.98 Å². The highest BCUT2D eigenvalue weighted by molar-refractivity contribution is 7.09. The van der Waals surface area contributed by atoms with Crippen molar-refractivity contribution in [1.29, 1.82) is 0 Å². The molecule has 0 atom stereocenters. The number of nitrogens with zero attached hydrogens (tertiary/aromatic N) is 1. The molecule has 0 aliphatic heterocycles. The maximum atomic E-state index is 5.82. The lowest BCUT2D eigenvalue weighted by Crippen LogP contribution is -2.00. The SMILES string of the molecule is CCOc1cc(CCl)ccc1OCc1csc(C)n1. The Hall–Kier alpha value is -1.26. The molecule has 0 N–H and O–H groups in total. The van der Waals surface area contributed by atoms with E-state index >= 15 is 0 Å². The highest BCUT2D eigenvalue weighted by Gasteiger charge is 2.07. The Balaban J connectivity index is 2.10. The van der Waals surface area contributed by atoms with Crippen LogP contribution in [0.3, 0.4) is 0 Å². The summed E-state index contributed by atoms with van der Waals surface area (Å²) in [5, 5.41) is 3.05. The van der Waals surface area contributed by atoms with E-state index in [1.807, 2.05) is 37.4 Å². The topological polar surface area (TPSA) is 31.4 Å². The quantitative estimate of drug-likeness (QED) is 0.750. The van der Waals surface area contributed by atoms with Gasteiger partial charge in [0.15, 0.2) is 11.5 Å². The highest BCUT2D eigenvalue weighted by Crippen LogP contribution is 2.29. The molecule has 2 aromatic rings. The molecule has 2 rings (SSSR count). The van der Waals surface area contributed by atoms with Crippen molar-refractivity contribution < 1.29 is 9.47 Å². The number of thiazole rings is 1. The molecule has 0 unspecified atom stereocenters. The van der Waals surface area contributed by atoms with Crippen LogP contribution in [-0.2, 0) is 12.5 Å². The van der Waals surface area contributed by atoms with Crippen LogP contribution >= 0.6 is 22.9 Å². The number of ether oxygens (including phenoxy) is 2. The van der Waals surface area contributed by atoms with Gasteiger partial charge in [0.25, 0.3) is 0 Å². The smallest absolute Gasteiger partial charge is 0.161 e. The third-order valence-corrected chi connectivity index (χ3v) is 3.64. The average Bonchev–Trinajstić information content (AvgIpc) is 2.83. The van der Waals surface area contributed by atoms with Crippen molar-refractivity contribution in [3.8, 4) is 11.5 Å². The molecule has 5 heteroatoms. The number of hydrogen-bond acceptors (Lipinski definition) is 4. The average molecular weight is 298 g/mol. The van der Waals surface area contributed by atoms with Crippen molar-refractivity contribution >= 4 is 22.9 Å². The van der Waals surface area contributed by atoms with Gasteiger partial charge in [-0.1, -0.05) is 6.07 Å². The van der Waals surface area contributed by atoms with Gasteiger partial charge in [-0.25, -0.2) is 4.98 Å². The van der Waals surface area contributed by atoms with Gasteiger partial charge >= 0.3 is 0 Å². The van der Waals surface area contributed by atoms with Gasteiger partial charge in [-0.2, -0.15) is 0 Å². The molecule has 19 heavy (non-hydrogen) atoms. The van der Waals surface area contributed by atoms with Crippen molar-refractivity contribution in [3.63, 3.8) is 0 Å². The Kier molecular flexibility index (Phi) is 5.05. The molecule has 0 amide bonds. The standard InChI is InChI=1S/C14H16ClNO2S/c1-3-17-14-6-11(7-15)4-5-13(14)18-8-12-9-19-10(2)16-12/h4-6,9H,3,7-8H2,1-2H3. The summed E-state index contributed by atoms with van der Waals surface area (Å²) in [6, 6.07) is 5.75. The van der Waals surface area contributed by atoms with Crippen molar-refractivity contribution in [2.75, 3.05) is 6.61 Å². The second-order valence-electron chi connectivity index (χ2n) is 3.99. The van der Waals surface area contributed by atoms with E-state index in [1.54, 1.807) is 11.3 Å². The predicted octanol–water partition coefficient (Wildman–Crippen LogP) is 4.17. The Morgan fingerprint density at radius 3 is 2.74 bits per heavy atom. The molecule has 1 aromatic carbocycles. The number of aryl methyl sites for hydroxylation is 1. The molecule has 0 aliphatic carbocycles. The first-order valence-electron chi connectivity index (χ1n) is 6.08. The van der Waals surface area contributed by atoms with Gasteiger partial charge in [0.05, 0.1) is 17.3 Å². The Morgan fingerprint density at radius 1 is 1.26 bits per heavy atom. The minimum atomic E-state index is 0.449. The van der Waals surface area contributed by atoms with Gasteiger partial charge in [-0.05, 0) is 31.5 Å². The third kappa shape index (κ3) is 3.85. The van der Waals surface area contributed by atoms with Crippen LogP contribution in [0.15, 0.2) is 23.6 Å². The second kappa shape index (κ2) is 6.78. The summed E-state index contributed by atoms with van der Waals surface area (Å²) in [5.74, 6) is 1.92. The number of alkyl halides is 1. The van der Waals surface area contributed by atoms with Gasteiger partial charge in [0.2, 0.25) is 0 Å². The minimum absolute atomic E-state index is 0.449. The maximum Gasteiger partial charge on any atom is 0.161 e. The second-order valence-corrected chi connectivity index (χ2v) is 5.32. The summed E-state index contributed by atoms with van der Waals surface area (Å²) < 4.78 is 11.3. The first-order chi connectivity index (χ1) is 9.22. The largest absolute Gasteiger partial charge is 0.490 e. The summed E-state index contributed by atoms with van der Waals surface area (Å²) in [7, 11) is 0. The van der Waals surface area contributed by atoms with Gasteiger partial charge in [-0.3, -0.25) is 0 Å². The molecule has 0 spiro atoms. The Labute approximate surface area is 122 Å². The lowest BCUT2D eigenvalue weighted by atomic mass is 10.2. The van der Waals surface area contributed by atoms with E-state index in [0.29, 0.717) is 19.1 Å². The number of halogens is 1. The van der Waals surface area contributed by atoms with Crippen LogP contribution in [-0.4, -0.2) is 11.6 Å².